The molecule has 0 radical (unpaired) electrons. The Balaban J connectivity index is 1.94. The highest BCUT2D eigenvalue weighted by atomic mass is 32.2. The number of quaternary nitrogens is 1. The van der Waals surface area contributed by atoms with Crippen LogP contribution in [0.3, 0.4) is 0 Å². The van der Waals surface area contributed by atoms with Gasteiger partial charge in [0.1, 0.15) is 24.2 Å². The molecule has 2 aromatic rings. The molecule has 1 unspecified atom stereocenters. The van der Waals surface area contributed by atoms with Gasteiger partial charge in [-0.05, 0) is 49.4 Å². The Morgan fingerprint density at radius 1 is 1.11 bits per heavy atom. The van der Waals surface area contributed by atoms with E-state index in [9.17, 15) is 8.42 Å². The van der Waals surface area contributed by atoms with Gasteiger partial charge in [0.05, 0.1) is 17.4 Å². The topological polar surface area (TPSA) is 93.2 Å². The molecule has 2 N–H and O–H groups in total. The molecule has 1 atom stereocenters. The highest BCUT2D eigenvalue weighted by Gasteiger charge is 2.42. The standard InChI is InChI=1S/C21H22N3O3S/c1-2-28(25,26)24(13-3-4-18(15-23)16-24)19-7-11-21(12-8-19)27-20-9-5-17(14-22)6-10-20/h3-12,16H,2,13,15,23H2,1H3/q+1. The van der Waals surface area contributed by atoms with Crippen molar-refractivity contribution in [2.24, 2.45) is 5.73 Å². The van der Waals surface area contributed by atoms with Crippen LogP contribution in [0, 0.1) is 11.3 Å². The van der Waals surface area contributed by atoms with Crippen LogP contribution in [0.15, 0.2) is 72.5 Å². The van der Waals surface area contributed by atoms with E-state index in [4.69, 9.17) is 15.7 Å². The first kappa shape index (κ1) is 19.8. The lowest BCUT2D eigenvalue weighted by atomic mass is 10.2. The smallest absolute Gasteiger partial charge is 0.306 e. The lowest BCUT2D eigenvalue weighted by molar-refractivity contribution is 0.480. The highest BCUT2D eigenvalue weighted by molar-refractivity contribution is 7.91. The molecule has 7 heteroatoms. The molecule has 28 heavy (non-hydrogen) atoms. The van der Waals surface area contributed by atoms with E-state index in [2.05, 4.69) is 6.07 Å². The summed E-state index contributed by atoms with van der Waals surface area (Å²) in [4.78, 5) is 0. The lowest BCUT2D eigenvalue weighted by Crippen LogP contribution is -2.51. The van der Waals surface area contributed by atoms with Gasteiger partial charge in [-0.1, -0.05) is 6.08 Å². The van der Waals surface area contributed by atoms with Gasteiger partial charge in [0.25, 0.3) is 0 Å². The van der Waals surface area contributed by atoms with E-state index in [1.165, 1.54) is 0 Å². The second kappa shape index (κ2) is 7.98. The van der Waals surface area contributed by atoms with Crippen LogP contribution in [-0.2, 0) is 10.0 Å². The largest absolute Gasteiger partial charge is 0.457 e. The van der Waals surface area contributed by atoms with Crippen molar-refractivity contribution in [3.63, 3.8) is 0 Å². The van der Waals surface area contributed by atoms with Crippen molar-refractivity contribution in [2.45, 2.75) is 6.92 Å². The molecule has 0 saturated heterocycles. The van der Waals surface area contributed by atoms with Gasteiger partial charge >= 0.3 is 10.0 Å². The van der Waals surface area contributed by atoms with E-state index in [1.54, 1.807) is 61.7 Å². The molecule has 3 rings (SSSR count). The fourth-order valence-corrected chi connectivity index (χ4v) is 4.62. The van der Waals surface area contributed by atoms with Crippen molar-refractivity contribution in [2.75, 3.05) is 18.8 Å². The highest BCUT2D eigenvalue weighted by Crippen LogP contribution is 2.34. The number of hydrogen-bond acceptors (Lipinski definition) is 5. The van der Waals surface area contributed by atoms with E-state index in [1.807, 2.05) is 12.2 Å². The fourth-order valence-electron chi connectivity index (χ4n) is 3.11. The first-order valence-corrected chi connectivity index (χ1v) is 10.5. The second-order valence-electron chi connectivity index (χ2n) is 6.39. The number of sulfonamides is 1. The molecule has 0 spiro atoms. The van der Waals surface area contributed by atoms with Crippen molar-refractivity contribution in [3.05, 3.63) is 78.0 Å². The van der Waals surface area contributed by atoms with Crippen molar-refractivity contribution >= 4 is 15.7 Å². The zero-order valence-corrected chi connectivity index (χ0v) is 16.4. The quantitative estimate of drug-likeness (QED) is 0.755. The Hall–Kier alpha value is -2.92. The molecule has 0 fully saturated rings. The van der Waals surface area contributed by atoms with Crippen molar-refractivity contribution in [3.8, 4) is 17.6 Å². The number of benzene rings is 2. The minimum atomic E-state index is -3.48. The number of nitrogens with two attached hydrogens (primary N) is 1. The van der Waals surface area contributed by atoms with Gasteiger partial charge in [0.15, 0.2) is 5.69 Å². The number of nitrogens with zero attached hydrogens (tertiary/aromatic N) is 2. The maximum Gasteiger partial charge on any atom is 0.306 e. The third-order valence-corrected chi connectivity index (χ3v) is 6.86. The van der Waals surface area contributed by atoms with Crippen LogP contribution in [0.4, 0.5) is 5.69 Å². The van der Waals surface area contributed by atoms with Crippen LogP contribution in [0.1, 0.15) is 12.5 Å². The summed E-state index contributed by atoms with van der Waals surface area (Å²) in [5.41, 5.74) is 7.72. The van der Waals surface area contributed by atoms with Crippen LogP contribution < -0.4 is 14.4 Å². The third-order valence-electron chi connectivity index (χ3n) is 4.67. The van der Waals surface area contributed by atoms with Gasteiger partial charge in [-0.2, -0.15) is 17.6 Å². The van der Waals surface area contributed by atoms with Crippen LogP contribution in [0.2, 0.25) is 0 Å². The van der Waals surface area contributed by atoms with E-state index >= 15 is 0 Å². The van der Waals surface area contributed by atoms with Crippen LogP contribution in [-0.4, -0.2) is 27.3 Å². The molecular formula is C21H22N3O3S+. The van der Waals surface area contributed by atoms with Gasteiger partial charge in [-0.25, -0.2) is 0 Å². The summed E-state index contributed by atoms with van der Waals surface area (Å²) in [7, 11) is -3.48. The Morgan fingerprint density at radius 3 is 2.25 bits per heavy atom. The first-order valence-electron chi connectivity index (χ1n) is 8.92. The van der Waals surface area contributed by atoms with Crippen molar-refractivity contribution in [1.29, 1.82) is 5.26 Å². The van der Waals surface area contributed by atoms with Crippen LogP contribution >= 0.6 is 0 Å². The second-order valence-corrected chi connectivity index (χ2v) is 8.78. The average molecular weight is 396 g/mol. The van der Waals surface area contributed by atoms with E-state index < -0.39 is 10.0 Å². The Morgan fingerprint density at radius 2 is 1.71 bits per heavy atom. The van der Waals surface area contributed by atoms with Gasteiger partial charge in [-0.15, -0.1) is 0 Å². The summed E-state index contributed by atoms with van der Waals surface area (Å²) >= 11 is 0. The van der Waals surface area contributed by atoms with Gasteiger partial charge in [-0.3, -0.25) is 0 Å². The summed E-state index contributed by atoms with van der Waals surface area (Å²) in [6.07, 6.45) is 5.43. The molecule has 0 bridgehead atoms. The summed E-state index contributed by atoms with van der Waals surface area (Å²) in [6.45, 7) is 2.23. The van der Waals surface area contributed by atoms with E-state index in [0.29, 0.717) is 29.3 Å². The molecule has 2 aromatic carbocycles. The molecule has 144 valence electrons. The third kappa shape index (κ3) is 3.71. The number of hydrogen-bond donors (Lipinski definition) is 1. The molecule has 0 amide bonds. The Kier molecular flexibility index (Phi) is 5.66. The monoisotopic (exact) mass is 396 g/mol. The minimum absolute atomic E-state index is 0.0126. The molecule has 0 aromatic heterocycles. The molecule has 0 aliphatic carbocycles. The van der Waals surface area contributed by atoms with Gasteiger partial charge in [0.2, 0.25) is 0 Å². The number of nitriles is 1. The molecule has 1 aliphatic heterocycles. The van der Waals surface area contributed by atoms with E-state index in [0.717, 1.165) is 5.57 Å². The summed E-state index contributed by atoms with van der Waals surface area (Å²) in [5.74, 6) is 1.19. The van der Waals surface area contributed by atoms with Gasteiger partial charge < -0.3 is 10.5 Å². The first-order chi connectivity index (χ1) is 13.4. The maximum atomic E-state index is 13.0. The number of rotatable bonds is 6. The predicted octanol–water partition coefficient (Wildman–Crippen LogP) is 3.42. The maximum absolute atomic E-state index is 13.0. The number of ether oxygens (including phenoxy) is 1. The lowest BCUT2D eigenvalue weighted by Gasteiger charge is -2.34. The van der Waals surface area contributed by atoms with E-state index in [-0.39, 0.29) is 16.2 Å². The molecule has 6 nitrogen and oxygen atoms in total. The Bertz CT molecular complexity index is 1050. The van der Waals surface area contributed by atoms with Crippen molar-refractivity contribution < 1.29 is 13.2 Å². The summed E-state index contributed by atoms with van der Waals surface area (Å²) in [6, 6.07) is 15.9. The molecule has 1 heterocycles. The summed E-state index contributed by atoms with van der Waals surface area (Å²) in [5, 5.41) is 8.86. The zero-order valence-electron chi connectivity index (χ0n) is 15.6. The summed E-state index contributed by atoms with van der Waals surface area (Å²) < 4.78 is 31.4. The normalized spacial score (nSPS) is 19.0. The fraction of sp³-hybridized carbons (Fsp3) is 0.190. The molecule has 1 aliphatic rings. The SMILES string of the molecule is CCS(=O)(=O)[N+]1(c2ccc(Oc3ccc(C#N)cc3)cc2)C=C(CN)C=CC1. The average Bonchev–Trinajstić information content (AvgIpc) is 2.74. The van der Waals surface area contributed by atoms with Gasteiger partial charge in [0, 0.05) is 24.3 Å². The molecular weight excluding hydrogens is 374 g/mol. The van der Waals surface area contributed by atoms with Crippen molar-refractivity contribution in [1.82, 2.24) is 3.89 Å². The Labute approximate surface area is 165 Å². The zero-order chi connectivity index (χ0) is 20.2. The predicted molar refractivity (Wildman–Crippen MR) is 110 cm³/mol. The van der Waals surface area contributed by atoms with Crippen LogP contribution in [0.25, 0.3) is 0 Å². The molecule has 0 saturated carbocycles. The van der Waals surface area contributed by atoms with Crippen LogP contribution in [0.5, 0.6) is 11.5 Å². The minimum Gasteiger partial charge on any atom is -0.457 e.